The summed E-state index contributed by atoms with van der Waals surface area (Å²) >= 11 is 0. The van der Waals surface area contributed by atoms with Crippen LogP contribution in [0.3, 0.4) is 0 Å². The van der Waals surface area contributed by atoms with Gasteiger partial charge in [0.2, 0.25) is 0 Å². The number of H-pyrrole nitrogens is 1. The Hall–Kier alpha value is -3.75. The van der Waals surface area contributed by atoms with Crippen LogP contribution in [0.25, 0.3) is 22.2 Å². The number of anilines is 2. The van der Waals surface area contributed by atoms with E-state index in [1.165, 1.54) is 0 Å². The summed E-state index contributed by atoms with van der Waals surface area (Å²) in [5.74, 6) is -0.252. The van der Waals surface area contributed by atoms with Crippen LogP contribution in [-0.4, -0.2) is 48.1 Å². The zero-order valence-electron chi connectivity index (χ0n) is 23.0. The fourth-order valence-corrected chi connectivity index (χ4v) is 4.58. The molecule has 3 N–H and O–H groups in total. The Bertz CT molecular complexity index is 1400. The minimum Gasteiger partial charge on any atom is -0.359 e. The summed E-state index contributed by atoms with van der Waals surface area (Å²) in [6, 6.07) is 14.9. The van der Waals surface area contributed by atoms with Crippen LogP contribution in [0.1, 0.15) is 31.4 Å². The molecule has 1 aliphatic rings. The molecular weight excluding hydrogens is 494 g/mol. The molecule has 39 heavy (non-hydrogen) atoms. The highest BCUT2D eigenvalue weighted by atomic mass is 19.2. The molecule has 0 amide bonds. The molecule has 0 aliphatic carbocycles. The van der Waals surface area contributed by atoms with Gasteiger partial charge in [-0.25, -0.2) is 14.5 Å². The maximum absolute atomic E-state index is 14.9. The monoisotopic (exact) mass is 532 g/mol. The number of rotatable bonds is 6. The number of hydrogen-bond acceptors (Lipinski definition) is 5. The van der Waals surface area contributed by atoms with Crippen LogP contribution < -0.4 is 15.8 Å². The quantitative estimate of drug-likeness (QED) is 0.242. The molecule has 0 bridgehead atoms. The van der Waals surface area contributed by atoms with Crippen LogP contribution >= 0.6 is 0 Å². The van der Waals surface area contributed by atoms with E-state index < -0.39 is 0 Å². The molecule has 0 unspecified atom stereocenters. The van der Waals surface area contributed by atoms with Gasteiger partial charge >= 0.3 is 0 Å². The van der Waals surface area contributed by atoms with Crippen molar-refractivity contribution in [3.63, 3.8) is 0 Å². The second kappa shape index (κ2) is 13.4. The fourth-order valence-electron chi connectivity index (χ4n) is 4.58. The summed E-state index contributed by atoms with van der Waals surface area (Å²) in [7, 11) is 2.00. The van der Waals surface area contributed by atoms with Gasteiger partial charge in [0.05, 0.1) is 12.2 Å². The van der Waals surface area contributed by atoms with Crippen molar-refractivity contribution >= 4 is 22.4 Å². The molecule has 0 saturated heterocycles. The Labute approximate surface area is 229 Å². The van der Waals surface area contributed by atoms with Gasteiger partial charge in [0.15, 0.2) is 0 Å². The van der Waals surface area contributed by atoms with Crippen molar-refractivity contribution in [2.24, 2.45) is 0 Å². The van der Waals surface area contributed by atoms with Crippen LogP contribution in [0, 0.1) is 5.82 Å². The van der Waals surface area contributed by atoms with Crippen molar-refractivity contribution in [3.8, 4) is 11.1 Å². The summed E-state index contributed by atoms with van der Waals surface area (Å²) in [4.78, 5) is 9.57. The first kappa shape index (κ1) is 28.3. The highest BCUT2D eigenvalue weighted by Gasteiger charge is 2.15. The third-order valence-electron chi connectivity index (χ3n) is 6.81. The van der Waals surface area contributed by atoms with Gasteiger partial charge in [-0.05, 0) is 66.9 Å². The minimum absolute atomic E-state index is 0.252. The van der Waals surface area contributed by atoms with Crippen LogP contribution in [0.4, 0.5) is 20.2 Å². The van der Waals surface area contributed by atoms with E-state index in [1.54, 1.807) is 12.3 Å². The minimum atomic E-state index is -0.252. The van der Waals surface area contributed by atoms with Crippen molar-refractivity contribution in [1.29, 1.82) is 0 Å². The molecule has 4 aromatic rings. The molecule has 2 aromatic carbocycles. The lowest BCUT2D eigenvalue weighted by molar-refractivity contribution is 0.306. The number of nitrogens with zero attached hydrogens (tertiary/aromatic N) is 3. The Kier molecular flexibility index (Phi) is 9.68. The molecule has 0 spiro atoms. The molecule has 6 nitrogen and oxygen atoms in total. The Morgan fingerprint density at radius 1 is 1.05 bits per heavy atom. The largest absolute Gasteiger partial charge is 0.359 e. The number of hydrogen-bond donors (Lipinski definition) is 3. The number of likely N-dealkylation sites (N-methyl/N-ethyl adjacent to an activating group) is 1. The molecule has 8 heteroatoms. The van der Waals surface area contributed by atoms with E-state index in [9.17, 15) is 8.87 Å². The lowest BCUT2D eigenvalue weighted by Gasteiger charge is -2.25. The predicted octanol–water partition coefficient (Wildman–Crippen LogP) is 6.68. The number of fused-ring (bicyclic) bond motifs is 2. The van der Waals surface area contributed by atoms with Crippen LogP contribution in [0.5, 0.6) is 0 Å². The van der Waals surface area contributed by atoms with E-state index in [2.05, 4.69) is 32.1 Å². The number of halogens is 2. The normalized spacial score (nSPS) is 14.3. The topological polar surface area (TPSA) is 59.2 Å². The first-order valence-corrected chi connectivity index (χ1v) is 13.6. The number of allylic oxidation sites excluding steroid dienone is 1. The molecule has 3 heterocycles. The van der Waals surface area contributed by atoms with Gasteiger partial charge in [-0.1, -0.05) is 43.1 Å². The van der Waals surface area contributed by atoms with Gasteiger partial charge in [0.1, 0.15) is 11.5 Å². The summed E-state index contributed by atoms with van der Waals surface area (Å²) < 4.78 is 29.9. The molecule has 2 aromatic heterocycles. The Morgan fingerprint density at radius 2 is 1.90 bits per heavy atom. The maximum atomic E-state index is 14.9. The second-order valence-electron chi connectivity index (χ2n) is 9.58. The van der Waals surface area contributed by atoms with Crippen LogP contribution in [-0.2, 0) is 13.0 Å². The van der Waals surface area contributed by atoms with Gasteiger partial charge < -0.3 is 20.5 Å². The van der Waals surface area contributed by atoms with E-state index in [1.807, 2.05) is 69.6 Å². The molecule has 0 atom stereocenters. The average molecular weight is 533 g/mol. The van der Waals surface area contributed by atoms with Crippen molar-refractivity contribution in [2.45, 2.75) is 33.2 Å². The molecule has 0 fully saturated rings. The molecule has 5 rings (SSSR count). The number of aromatic amines is 1. The Morgan fingerprint density at radius 3 is 2.72 bits per heavy atom. The molecule has 206 valence electrons. The fraction of sp³-hybridized carbons (Fsp3) is 0.323. The molecule has 1 aliphatic heterocycles. The maximum Gasteiger partial charge on any atom is 0.137 e. The molecule has 0 saturated carbocycles. The van der Waals surface area contributed by atoms with Gasteiger partial charge in [-0.3, -0.25) is 0 Å². The van der Waals surface area contributed by atoms with Crippen molar-refractivity contribution in [3.05, 3.63) is 90.1 Å². The average Bonchev–Trinajstić information content (AvgIpc) is 3.43. The third-order valence-corrected chi connectivity index (χ3v) is 6.81. The third kappa shape index (κ3) is 7.22. The number of nitrogens with one attached hydrogen (secondary N) is 3. The highest BCUT2D eigenvalue weighted by molar-refractivity contribution is 5.81. The van der Waals surface area contributed by atoms with E-state index in [4.69, 9.17) is 0 Å². The first-order chi connectivity index (χ1) is 19.0. The lowest BCUT2D eigenvalue weighted by atomic mass is 10.0. The van der Waals surface area contributed by atoms with Gasteiger partial charge in [0, 0.05) is 60.9 Å². The van der Waals surface area contributed by atoms with E-state index in [0.29, 0.717) is 43.7 Å². The number of aryl methyl sites for hydroxylation is 1. The summed E-state index contributed by atoms with van der Waals surface area (Å²) in [5, 5.41) is 8.45. The van der Waals surface area contributed by atoms with Crippen molar-refractivity contribution in [2.75, 3.05) is 43.7 Å². The number of pyridine rings is 1. The SMILES string of the molecule is C=C(CCc1ccc(-c2cnc3[nH]ccc3c2)cc1F)Nc1ccc2c(c1)N(F)CCN(C)CCNC2.CC. The zero-order chi connectivity index (χ0) is 27.8. The highest BCUT2D eigenvalue weighted by Crippen LogP contribution is 2.28. The van der Waals surface area contributed by atoms with Gasteiger partial charge in [-0.15, -0.1) is 0 Å². The van der Waals surface area contributed by atoms with Crippen LogP contribution in [0.2, 0.25) is 0 Å². The van der Waals surface area contributed by atoms with E-state index in [-0.39, 0.29) is 5.82 Å². The van der Waals surface area contributed by atoms with E-state index >= 15 is 0 Å². The Balaban J connectivity index is 0.00000172. The zero-order valence-corrected chi connectivity index (χ0v) is 23.0. The van der Waals surface area contributed by atoms with Crippen molar-refractivity contribution < 1.29 is 8.87 Å². The standard InChI is InChI=1S/C29H32F2N6.C2H6/c1-20(35-26-8-7-24-18-32-11-12-36(2)13-14-37(31)28(24)17-26)3-4-21-5-6-22(16-27(21)30)25-15-23-9-10-33-29(23)34-19-25;1-2/h5-10,15-17,19,32,35H,1,3-4,11-14,18H2,2H3,(H,33,34);1-2H3. The molecular formula is C31H38F2N6. The second-order valence-corrected chi connectivity index (χ2v) is 9.58. The lowest BCUT2D eigenvalue weighted by Crippen LogP contribution is -2.35. The van der Waals surface area contributed by atoms with E-state index in [0.717, 1.165) is 57.3 Å². The molecule has 0 radical (unpaired) electrons. The predicted molar refractivity (Wildman–Crippen MR) is 158 cm³/mol. The number of aromatic nitrogens is 2. The summed E-state index contributed by atoms with van der Waals surface area (Å²) in [6.07, 6.45) is 4.64. The van der Waals surface area contributed by atoms with Gasteiger partial charge in [-0.2, -0.15) is 0 Å². The summed E-state index contributed by atoms with van der Waals surface area (Å²) in [6.45, 7) is 11.4. The van der Waals surface area contributed by atoms with Crippen molar-refractivity contribution in [1.82, 2.24) is 20.2 Å². The summed E-state index contributed by atoms with van der Waals surface area (Å²) in [5.41, 5.74) is 6.07. The van der Waals surface area contributed by atoms with Crippen LogP contribution in [0.15, 0.2) is 73.2 Å². The first-order valence-electron chi connectivity index (χ1n) is 13.6. The van der Waals surface area contributed by atoms with Gasteiger partial charge in [0.25, 0.3) is 0 Å². The number of benzene rings is 2. The smallest absolute Gasteiger partial charge is 0.137 e.